The number of aromatic nitrogens is 2. The molecule has 0 spiro atoms. The van der Waals surface area contributed by atoms with Gasteiger partial charge < -0.3 is 14.7 Å². The van der Waals surface area contributed by atoms with E-state index in [-0.39, 0.29) is 11.9 Å². The number of anilines is 1. The third-order valence-corrected chi connectivity index (χ3v) is 3.39. The molecule has 2 rings (SSSR count). The van der Waals surface area contributed by atoms with Crippen LogP contribution in [0.1, 0.15) is 39.4 Å². The maximum absolute atomic E-state index is 12.0. The van der Waals surface area contributed by atoms with Crippen LogP contribution in [0.25, 0.3) is 11.5 Å². The normalized spacial score (nSPS) is 10.8. The number of hydrogen-bond acceptors (Lipinski definition) is 4. The summed E-state index contributed by atoms with van der Waals surface area (Å²) in [7, 11) is 0. The van der Waals surface area contributed by atoms with Crippen molar-refractivity contribution in [3.63, 3.8) is 0 Å². The van der Waals surface area contributed by atoms with Gasteiger partial charge in [0, 0.05) is 30.3 Å². The van der Waals surface area contributed by atoms with Crippen LogP contribution in [0.2, 0.25) is 0 Å². The van der Waals surface area contributed by atoms with E-state index in [2.05, 4.69) is 15.5 Å². The van der Waals surface area contributed by atoms with Crippen LogP contribution < -0.4 is 5.32 Å². The lowest BCUT2D eigenvalue weighted by molar-refractivity contribution is 0.217. The van der Waals surface area contributed by atoms with Crippen molar-refractivity contribution in [2.75, 3.05) is 18.4 Å². The minimum Gasteiger partial charge on any atom is -0.334 e. The van der Waals surface area contributed by atoms with Crippen LogP contribution in [0.5, 0.6) is 0 Å². The Kier molecular flexibility index (Phi) is 5.14. The molecule has 6 nitrogen and oxygen atoms in total. The molecule has 6 heteroatoms. The van der Waals surface area contributed by atoms with Crippen LogP contribution in [-0.2, 0) is 0 Å². The molecular formula is C16H22N4O2. The smallest absolute Gasteiger partial charge is 0.321 e. The molecule has 118 valence electrons. The van der Waals surface area contributed by atoms with E-state index in [0.717, 1.165) is 11.3 Å². The van der Waals surface area contributed by atoms with Gasteiger partial charge in [0.25, 0.3) is 5.89 Å². The molecule has 2 amide bonds. The molecule has 1 heterocycles. The second-order valence-electron chi connectivity index (χ2n) is 5.29. The van der Waals surface area contributed by atoms with Gasteiger partial charge in [0.15, 0.2) is 5.82 Å². The Hall–Kier alpha value is -2.37. The Morgan fingerprint density at radius 2 is 1.86 bits per heavy atom. The van der Waals surface area contributed by atoms with E-state index in [1.807, 2.05) is 52.0 Å². The first-order chi connectivity index (χ1) is 10.5. The van der Waals surface area contributed by atoms with Crippen molar-refractivity contribution in [2.45, 2.75) is 33.6 Å². The summed E-state index contributed by atoms with van der Waals surface area (Å²) in [5.41, 5.74) is 1.57. The van der Waals surface area contributed by atoms with Crippen molar-refractivity contribution < 1.29 is 9.32 Å². The fourth-order valence-corrected chi connectivity index (χ4v) is 2.00. The van der Waals surface area contributed by atoms with E-state index in [4.69, 9.17) is 4.52 Å². The summed E-state index contributed by atoms with van der Waals surface area (Å²) in [5.74, 6) is 1.41. The summed E-state index contributed by atoms with van der Waals surface area (Å²) in [6, 6.07) is 7.27. The molecule has 0 atom stereocenters. The van der Waals surface area contributed by atoms with Crippen LogP contribution in [0.15, 0.2) is 28.8 Å². The Balaban J connectivity index is 2.08. The molecule has 0 bridgehead atoms. The number of urea groups is 1. The van der Waals surface area contributed by atoms with Crippen LogP contribution in [0.3, 0.4) is 0 Å². The molecule has 0 aliphatic carbocycles. The van der Waals surface area contributed by atoms with Crippen LogP contribution in [0.4, 0.5) is 10.5 Å². The van der Waals surface area contributed by atoms with Crippen molar-refractivity contribution in [3.05, 3.63) is 30.1 Å². The van der Waals surface area contributed by atoms with Gasteiger partial charge in [-0.2, -0.15) is 4.98 Å². The summed E-state index contributed by atoms with van der Waals surface area (Å²) in [5, 5.41) is 6.81. The van der Waals surface area contributed by atoms with Gasteiger partial charge in [0.05, 0.1) is 0 Å². The Bertz CT molecular complexity index is 615. The van der Waals surface area contributed by atoms with Gasteiger partial charge in [0.2, 0.25) is 0 Å². The molecule has 0 unspecified atom stereocenters. The highest BCUT2D eigenvalue weighted by Gasteiger charge is 2.12. The molecule has 0 aliphatic rings. The average molecular weight is 302 g/mol. The van der Waals surface area contributed by atoms with E-state index in [0.29, 0.717) is 24.8 Å². The monoisotopic (exact) mass is 302 g/mol. The number of hydrogen-bond donors (Lipinski definition) is 1. The molecule has 22 heavy (non-hydrogen) atoms. The fourth-order valence-electron chi connectivity index (χ4n) is 2.00. The minimum absolute atomic E-state index is 0.0994. The molecule has 0 saturated heterocycles. The Labute approximate surface area is 130 Å². The molecule has 0 saturated carbocycles. The summed E-state index contributed by atoms with van der Waals surface area (Å²) >= 11 is 0. The molecule has 0 fully saturated rings. The largest absolute Gasteiger partial charge is 0.334 e. The lowest BCUT2D eigenvalue weighted by Crippen LogP contribution is -2.34. The molecule has 0 aliphatic heterocycles. The molecule has 1 aromatic carbocycles. The number of rotatable bonds is 5. The highest BCUT2D eigenvalue weighted by molar-refractivity contribution is 5.89. The zero-order valence-corrected chi connectivity index (χ0v) is 13.5. The van der Waals surface area contributed by atoms with E-state index < -0.39 is 0 Å². The van der Waals surface area contributed by atoms with Crippen molar-refractivity contribution in [3.8, 4) is 11.5 Å². The van der Waals surface area contributed by atoms with Crippen LogP contribution >= 0.6 is 0 Å². The van der Waals surface area contributed by atoms with Gasteiger partial charge in [-0.15, -0.1) is 0 Å². The van der Waals surface area contributed by atoms with Crippen LogP contribution in [0, 0.1) is 0 Å². The standard InChI is InChI=1S/C16H22N4O2/c1-5-20(6-2)16(21)17-13-9-7-12(8-10-13)15-18-14(11(3)4)19-22-15/h7-11H,5-6H2,1-4H3,(H,17,21). The summed E-state index contributed by atoms with van der Waals surface area (Å²) in [4.78, 5) is 18.1. The molecule has 2 aromatic rings. The van der Waals surface area contributed by atoms with Crippen molar-refractivity contribution in [2.24, 2.45) is 0 Å². The molecule has 1 aromatic heterocycles. The number of carbonyl (C=O) groups excluding carboxylic acids is 1. The third kappa shape index (κ3) is 3.63. The number of benzene rings is 1. The zero-order chi connectivity index (χ0) is 16.1. The van der Waals surface area contributed by atoms with Gasteiger partial charge in [-0.1, -0.05) is 19.0 Å². The molecular weight excluding hydrogens is 280 g/mol. The predicted molar refractivity (Wildman–Crippen MR) is 85.8 cm³/mol. The second-order valence-corrected chi connectivity index (χ2v) is 5.29. The number of nitrogens with one attached hydrogen (secondary N) is 1. The molecule has 1 N–H and O–H groups in total. The van der Waals surface area contributed by atoms with Gasteiger partial charge >= 0.3 is 6.03 Å². The summed E-state index contributed by atoms with van der Waals surface area (Å²) in [6.45, 7) is 9.30. The summed E-state index contributed by atoms with van der Waals surface area (Å²) in [6.07, 6.45) is 0. The highest BCUT2D eigenvalue weighted by atomic mass is 16.5. The first kappa shape index (κ1) is 16.0. The zero-order valence-electron chi connectivity index (χ0n) is 13.5. The Morgan fingerprint density at radius 3 is 2.36 bits per heavy atom. The van der Waals surface area contributed by atoms with Crippen molar-refractivity contribution >= 4 is 11.7 Å². The fraction of sp³-hybridized carbons (Fsp3) is 0.438. The van der Waals surface area contributed by atoms with Gasteiger partial charge in [0.1, 0.15) is 0 Å². The number of carbonyl (C=O) groups is 1. The highest BCUT2D eigenvalue weighted by Crippen LogP contribution is 2.21. The maximum atomic E-state index is 12.0. The Morgan fingerprint density at radius 1 is 1.23 bits per heavy atom. The van der Waals surface area contributed by atoms with Gasteiger partial charge in [-0.25, -0.2) is 4.79 Å². The lowest BCUT2D eigenvalue weighted by Gasteiger charge is -2.19. The first-order valence-electron chi connectivity index (χ1n) is 7.55. The topological polar surface area (TPSA) is 71.3 Å². The maximum Gasteiger partial charge on any atom is 0.321 e. The van der Waals surface area contributed by atoms with Crippen molar-refractivity contribution in [1.29, 1.82) is 0 Å². The quantitative estimate of drug-likeness (QED) is 0.913. The SMILES string of the molecule is CCN(CC)C(=O)Nc1ccc(-c2nc(C(C)C)no2)cc1. The second kappa shape index (κ2) is 7.06. The number of amides is 2. The minimum atomic E-state index is -0.0994. The lowest BCUT2D eigenvalue weighted by atomic mass is 10.2. The van der Waals surface area contributed by atoms with Gasteiger partial charge in [-0.05, 0) is 38.1 Å². The summed E-state index contributed by atoms with van der Waals surface area (Å²) < 4.78 is 5.25. The number of nitrogens with zero attached hydrogens (tertiary/aromatic N) is 3. The third-order valence-electron chi connectivity index (χ3n) is 3.39. The average Bonchev–Trinajstić information content (AvgIpc) is 2.99. The van der Waals surface area contributed by atoms with E-state index >= 15 is 0 Å². The first-order valence-corrected chi connectivity index (χ1v) is 7.55. The van der Waals surface area contributed by atoms with Crippen LogP contribution in [-0.4, -0.2) is 34.2 Å². The molecule has 0 radical (unpaired) electrons. The van der Waals surface area contributed by atoms with E-state index in [9.17, 15) is 4.79 Å². The van der Waals surface area contributed by atoms with Crippen molar-refractivity contribution in [1.82, 2.24) is 15.0 Å². The van der Waals surface area contributed by atoms with Gasteiger partial charge in [-0.3, -0.25) is 0 Å². The van der Waals surface area contributed by atoms with E-state index in [1.165, 1.54) is 0 Å². The predicted octanol–water partition coefficient (Wildman–Crippen LogP) is 3.73. The van der Waals surface area contributed by atoms with E-state index in [1.54, 1.807) is 4.90 Å².